The minimum atomic E-state index is -0.823. The molecule has 4 unspecified atom stereocenters. The fourth-order valence-electron chi connectivity index (χ4n) is 4.20. The second kappa shape index (κ2) is 13.4. The number of carbonyl (C=O) groups is 3. The van der Waals surface area contributed by atoms with Crippen LogP contribution >= 0.6 is 0 Å². The molecule has 0 N–H and O–H groups in total. The van der Waals surface area contributed by atoms with Gasteiger partial charge in [0, 0.05) is 11.1 Å². The summed E-state index contributed by atoms with van der Waals surface area (Å²) in [5.41, 5.74) is 4.22. The van der Waals surface area contributed by atoms with Crippen molar-refractivity contribution in [3.63, 3.8) is 0 Å². The molecule has 204 valence electrons. The van der Waals surface area contributed by atoms with E-state index in [9.17, 15) is 14.4 Å². The summed E-state index contributed by atoms with van der Waals surface area (Å²) in [4.78, 5) is 39.0. The van der Waals surface area contributed by atoms with E-state index >= 15 is 0 Å². The number of hydrogen-bond donors (Lipinski definition) is 0. The minimum absolute atomic E-state index is 0.190. The third-order valence-electron chi connectivity index (χ3n) is 6.83. The summed E-state index contributed by atoms with van der Waals surface area (Å²) in [5.74, 6) is -2.06. The molecule has 0 aromatic heterocycles. The van der Waals surface area contributed by atoms with Crippen LogP contribution in [-0.2, 0) is 23.9 Å². The predicted octanol–water partition coefficient (Wildman–Crippen LogP) is 7.80. The Balaban J connectivity index is 2.45. The smallest absolute Gasteiger partial charge is 0.333 e. The Hall–Kier alpha value is -3.47. The lowest BCUT2D eigenvalue weighted by Gasteiger charge is -2.30. The van der Waals surface area contributed by atoms with Gasteiger partial charge in [0.15, 0.2) is 0 Å². The Morgan fingerprint density at radius 1 is 0.553 bits per heavy atom. The molecule has 0 aliphatic carbocycles. The molecule has 2 aromatic rings. The molecule has 4 atom stereocenters. The molecule has 5 nitrogen and oxygen atoms in total. The van der Waals surface area contributed by atoms with Crippen molar-refractivity contribution in [2.24, 2.45) is 11.8 Å². The maximum Gasteiger partial charge on any atom is 0.333 e. The van der Waals surface area contributed by atoms with Crippen LogP contribution in [0.15, 0.2) is 72.8 Å². The van der Waals surface area contributed by atoms with Crippen LogP contribution in [0.25, 0.3) is 0 Å². The van der Waals surface area contributed by atoms with Gasteiger partial charge >= 0.3 is 11.9 Å². The zero-order chi connectivity index (χ0) is 28.7. The molecule has 0 bridgehead atoms. The van der Waals surface area contributed by atoms with E-state index in [0.717, 1.165) is 11.1 Å². The van der Waals surface area contributed by atoms with Crippen molar-refractivity contribution in [1.29, 1.82) is 0 Å². The van der Waals surface area contributed by atoms with Crippen LogP contribution in [-0.4, -0.2) is 17.7 Å². The summed E-state index contributed by atoms with van der Waals surface area (Å²) in [6.45, 7) is 22.4. The Bertz CT molecular complexity index is 1060. The van der Waals surface area contributed by atoms with Gasteiger partial charge in [-0.25, -0.2) is 9.59 Å². The van der Waals surface area contributed by atoms with Crippen LogP contribution in [0.3, 0.4) is 0 Å². The van der Waals surface area contributed by atoms with Crippen molar-refractivity contribution >= 4 is 17.7 Å². The highest BCUT2D eigenvalue weighted by Crippen LogP contribution is 2.36. The predicted molar refractivity (Wildman–Crippen MR) is 152 cm³/mol. The summed E-state index contributed by atoms with van der Waals surface area (Å²) < 4.78 is 11.6. The first-order chi connectivity index (χ1) is 17.7. The molecule has 0 saturated heterocycles. The lowest BCUT2D eigenvalue weighted by Crippen LogP contribution is -2.32. The van der Waals surface area contributed by atoms with Gasteiger partial charge in [-0.15, -0.1) is 0 Å². The van der Waals surface area contributed by atoms with Crippen molar-refractivity contribution in [1.82, 2.24) is 0 Å². The SMILES string of the molecule is C=C(C)C(=O)OC(c1ccc(C(C)C)cc1)C(C)C(=O)C(C)C(OC(=O)C(=C)C)c1ccc(C(C)C)cc1. The van der Waals surface area contributed by atoms with Crippen molar-refractivity contribution in [2.45, 2.75) is 79.4 Å². The molecule has 0 radical (unpaired) electrons. The van der Waals surface area contributed by atoms with Crippen LogP contribution in [0.4, 0.5) is 0 Å². The van der Waals surface area contributed by atoms with Crippen molar-refractivity contribution in [2.75, 3.05) is 0 Å². The average molecular weight is 519 g/mol. The van der Waals surface area contributed by atoms with Gasteiger partial charge in [-0.1, -0.05) is 103 Å². The minimum Gasteiger partial charge on any atom is -0.453 e. The highest BCUT2D eigenvalue weighted by atomic mass is 16.5. The van der Waals surface area contributed by atoms with Gasteiger partial charge in [-0.05, 0) is 47.9 Å². The number of esters is 2. The molecule has 38 heavy (non-hydrogen) atoms. The van der Waals surface area contributed by atoms with E-state index in [-0.39, 0.29) is 16.9 Å². The molecular weight excluding hydrogens is 476 g/mol. The van der Waals surface area contributed by atoms with E-state index in [1.807, 2.05) is 48.5 Å². The molecule has 0 spiro atoms. The van der Waals surface area contributed by atoms with E-state index in [0.29, 0.717) is 23.0 Å². The molecule has 5 heteroatoms. The molecule has 0 aliphatic heterocycles. The largest absolute Gasteiger partial charge is 0.453 e. The van der Waals surface area contributed by atoms with Gasteiger partial charge in [0.1, 0.15) is 18.0 Å². The lowest BCUT2D eigenvalue weighted by molar-refractivity contribution is -0.154. The third-order valence-corrected chi connectivity index (χ3v) is 6.83. The highest BCUT2D eigenvalue weighted by molar-refractivity contribution is 5.89. The number of ketones is 1. The van der Waals surface area contributed by atoms with Crippen LogP contribution < -0.4 is 0 Å². The summed E-state index contributed by atoms with van der Waals surface area (Å²) in [7, 11) is 0. The molecule has 0 heterocycles. The molecule has 2 aromatic carbocycles. The molecule has 0 fully saturated rings. The molecule has 0 aliphatic rings. The normalized spacial score (nSPS) is 14.4. The summed E-state index contributed by atoms with van der Waals surface area (Å²) in [6.07, 6.45) is -1.65. The maximum absolute atomic E-state index is 13.9. The Labute approximate surface area is 227 Å². The second-order valence-corrected chi connectivity index (χ2v) is 10.8. The van der Waals surface area contributed by atoms with Gasteiger partial charge in [-0.3, -0.25) is 4.79 Å². The first-order valence-electron chi connectivity index (χ1n) is 13.2. The van der Waals surface area contributed by atoms with Crippen LogP contribution in [0.2, 0.25) is 0 Å². The van der Waals surface area contributed by atoms with Crippen molar-refractivity contribution < 1.29 is 23.9 Å². The monoisotopic (exact) mass is 518 g/mol. The van der Waals surface area contributed by atoms with Crippen molar-refractivity contribution in [3.05, 3.63) is 95.1 Å². The summed E-state index contributed by atoms with van der Waals surface area (Å²) >= 11 is 0. The summed E-state index contributed by atoms with van der Waals surface area (Å²) in [5, 5.41) is 0. The molecular formula is C33H42O5. The van der Waals surface area contributed by atoms with E-state index in [2.05, 4.69) is 40.9 Å². The fourth-order valence-corrected chi connectivity index (χ4v) is 4.20. The number of benzene rings is 2. The van der Waals surface area contributed by atoms with Crippen LogP contribution in [0, 0.1) is 11.8 Å². The lowest BCUT2D eigenvalue weighted by atomic mass is 9.82. The van der Waals surface area contributed by atoms with Gasteiger partial charge < -0.3 is 9.47 Å². The highest BCUT2D eigenvalue weighted by Gasteiger charge is 2.37. The molecule has 0 amide bonds. The first kappa shape index (κ1) is 30.8. The van der Waals surface area contributed by atoms with E-state index in [1.165, 1.54) is 0 Å². The second-order valence-electron chi connectivity index (χ2n) is 10.8. The number of carbonyl (C=O) groups excluding carboxylic acids is 3. The van der Waals surface area contributed by atoms with Gasteiger partial charge in [-0.2, -0.15) is 0 Å². The Kier molecular flexibility index (Phi) is 10.8. The van der Waals surface area contributed by atoms with Crippen molar-refractivity contribution in [3.8, 4) is 0 Å². The van der Waals surface area contributed by atoms with Crippen LogP contribution in [0.1, 0.15) is 102 Å². The number of hydrogen-bond acceptors (Lipinski definition) is 5. The van der Waals surface area contributed by atoms with Gasteiger partial charge in [0.25, 0.3) is 0 Å². The topological polar surface area (TPSA) is 69.7 Å². The number of Topliss-reactive ketones (excluding diaryl/α,β-unsaturated/α-hetero) is 1. The zero-order valence-corrected chi connectivity index (χ0v) is 24.0. The van der Waals surface area contributed by atoms with Crippen LogP contribution in [0.5, 0.6) is 0 Å². The molecule has 0 saturated carbocycles. The van der Waals surface area contributed by atoms with E-state index in [4.69, 9.17) is 9.47 Å². The summed E-state index contributed by atoms with van der Waals surface area (Å²) in [6, 6.07) is 15.5. The van der Waals surface area contributed by atoms with Gasteiger partial charge in [0.05, 0.1) is 11.8 Å². The van der Waals surface area contributed by atoms with Gasteiger partial charge in [0.2, 0.25) is 0 Å². The quantitative estimate of drug-likeness (QED) is 0.212. The zero-order valence-electron chi connectivity index (χ0n) is 24.0. The number of ether oxygens (including phenoxy) is 2. The third kappa shape index (κ3) is 7.77. The Morgan fingerprint density at radius 2 is 0.816 bits per heavy atom. The average Bonchev–Trinajstić information content (AvgIpc) is 2.88. The number of rotatable bonds is 12. The fraction of sp³-hybridized carbons (Fsp3) is 0.424. The standard InChI is InChI=1S/C33H42O5/c1-19(2)25-11-15-27(16-12-25)30(37-32(35)21(5)6)23(9)29(34)24(10)31(38-33(36)22(7)8)28-17-13-26(14-18-28)20(3)4/h11-20,23-24,30-31H,5,7H2,1-4,6,8-10H3. The van der Waals surface area contributed by atoms with E-state index < -0.39 is 36.0 Å². The molecule has 2 rings (SSSR count). The Morgan fingerprint density at radius 3 is 1.05 bits per heavy atom. The first-order valence-corrected chi connectivity index (χ1v) is 13.2. The van der Waals surface area contributed by atoms with E-state index in [1.54, 1.807) is 27.7 Å². The maximum atomic E-state index is 13.9.